The number of hydrogen-bond acceptors (Lipinski definition) is 4. The van der Waals surface area contributed by atoms with Crippen molar-refractivity contribution in [1.82, 2.24) is 14.9 Å². The summed E-state index contributed by atoms with van der Waals surface area (Å²) in [5.41, 5.74) is 2.01. The third kappa shape index (κ3) is 2.22. The summed E-state index contributed by atoms with van der Waals surface area (Å²) < 4.78 is 4.80. The Labute approximate surface area is 138 Å². The largest absolute Gasteiger partial charge is 0.464 e. The topological polar surface area (TPSA) is 75.3 Å². The van der Waals surface area contributed by atoms with E-state index in [0.29, 0.717) is 5.52 Å². The Balaban J connectivity index is 1.98. The predicted molar refractivity (Wildman–Crippen MR) is 90.1 cm³/mol. The van der Waals surface area contributed by atoms with Crippen LogP contribution in [0, 0.1) is 0 Å². The Morgan fingerprint density at radius 1 is 1.17 bits per heavy atom. The van der Waals surface area contributed by atoms with Crippen LogP contribution < -0.4 is 0 Å². The molecule has 0 atom stereocenters. The Bertz CT molecular complexity index is 955. The predicted octanol–water partition coefficient (Wildman–Crippen LogP) is 2.74. The number of fused-ring (bicyclic) bond motifs is 3. The van der Waals surface area contributed by atoms with Crippen LogP contribution in [0.3, 0.4) is 0 Å². The van der Waals surface area contributed by atoms with Gasteiger partial charge in [0.15, 0.2) is 5.69 Å². The van der Waals surface area contributed by atoms with Crippen molar-refractivity contribution in [2.75, 3.05) is 20.2 Å². The van der Waals surface area contributed by atoms with Crippen molar-refractivity contribution >= 4 is 33.7 Å². The summed E-state index contributed by atoms with van der Waals surface area (Å²) in [5, 5.41) is 1.76. The van der Waals surface area contributed by atoms with Gasteiger partial charge in [0.2, 0.25) is 0 Å². The number of nitrogens with zero attached hydrogens (tertiary/aromatic N) is 2. The highest BCUT2D eigenvalue weighted by atomic mass is 16.5. The number of pyridine rings is 1. The molecule has 6 nitrogen and oxygen atoms in total. The molecule has 1 amide bonds. The number of para-hydroxylation sites is 1. The lowest BCUT2D eigenvalue weighted by Gasteiger charge is -2.15. The fourth-order valence-electron chi connectivity index (χ4n) is 3.28. The van der Waals surface area contributed by atoms with Gasteiger partial charge >= 0.3 is 5.97 Å². The minimum atomic E-state index is -0.544. The Kier molecular flexibility index (Phi) is 3.45. The molecular weight excluding hydrogens is 306 g/mol. The first-order chi connectivity index (χ1) is 11.7. The number of methoxy groups -OCH3 is 1. The average Bonchev–Trinajstić information content (AvgIpc) is 3.27. The van der Waals surface area contributed by atoms with Crippen molar-refractivity contribution in [3.05, 3.63) is 41.7 Å². The molecule has 4 rings (SSSR count). The number of benzene rings is 1. The Morgan fingerprint density at radius 2 is 1.92 bits per heavy atom. The first-order valence-corrected chi connectivity index (χ1v) is 7.98. The van der Waals surface area contributed by atoms with E-state index in [2.05, 4.69) is 9.97 Å². The summed E-state index contributed by atoms with van der Waals surface area (Å²) in [5.74, 6) is -0.688. The molecule has 0 bridgehead atoms. The first kappa shape index (κ1) is 14.7. The summed E-state index contributed by atoms with van der Waals surface area (Å²) in [6, 6.07) is 9.43. The highest BCUT2D eigenvalue weighted by Gasteiger charge is 2.26. The van der Waals surface area contributed by atoms with Crippen molar-refractivity contribution in [2.24, 2.45) is 0 Å². The van der Waals surface area contributed by atoms with Crippen LogP contribution in [-0.2, 0) is 4.74 Å². The summed E-state index contributed by atoms with van der Waals surface area (Å²) in [6.07, 6.45) is 2.00. The number of carbonyl (C=O) groups is 2. The molecule has 6 heteroatoms. The lowest BCUT2D eigenvalue weighted by molar-refractivity contribution is 0.0594. The molecule has 3 heterocycles. The quantitative estimate of drug-likeness (QED) is 0.736. The van der Waals surface area contributed by atoms with E-state index in [1.54, 1.807) is 11.0 Å². The lowest BCUT2D eigenvalue weighted by Crippen LogP contribution is -2.29. The van der Waals surface area contributed by atoms with Gasteiger partial charge in [0, 0.05) is 29.4 Å². The zero-order valence-corrected chi connectivity index (χ0v) is 13.3. The van der Waals surface area contributed by atoms with Crippen LogP contribution in [0.2, 0.25) is 0 Å². The molecule has 1 aliphatic rings. The number of aromatic nitrogens is 2. The second-order valence-electron chi connectivity index (χ2n) is 5.94. The molecular formula is C18H17N3O3. The van der Waals surface area contributed by atoms with E-state index in [4.69, 9.17) is 4.74 Å². The molecule has 0 radical (unpaired) electrons. The van der Waals surface area contributed by atoms with E-state index >= 15 is 0 Å². The molecule has 0 saturated carbocycles. The highest BCUT2D eigenvalue weighted by molar-refractivity contribution is 6.15. The molecule has 1 aliphatic heterocycles. The zero-order chi connectivity index (χ0) is 16.7. The van der Waals surface area contributed by atoms with Gasteiger partial charge in [0.25, 0.3) is 5.91 Å². The molecule has 3 aromatic rings. The van der Waals surface area contributed by atoms with Gasteiger partial charge in [-0.25, -0.2) is 9.78 Å². The number of carbonyl (C=O) groups excluding carboxylic acids is 2. The van der Waals surface area contributed by atoms with Gasteiger partial charge in [0.05, 0.1) is 12.6 Å². The number of ether oxygens (including phenoxy) is 1. The fourth-order valence-corrected chi connectivity index (χ4v) is 3.28. The number of aromatic amines is 1. The van der Waals surface area contributed by atoms with E-state index in [9.17, 15) is 9.59 Å². The van der Waals surface area contributed by atoms with Crippen LogP contribution >= 0.6 is 0 Å². The first-order valence-electron chi connectivity index (χ1n) is 7.98. The van der Waals surface area contributed by atoms with Crippen LogP contribution in [0.1, 0.15) is 33.8 Å². The van der Waals surface area contributed by atoms with Crippen LogP contribution in [0.5, 0.6) is 0 Å². The molecule has 2 aromatic heterocycles. The van der Waals surface area contributed by atoms with Crippen LogP contribution in [0.4, 0.5) is 0 Å². The van der Waals surface area contributed by atoms with Gasteiger partial charge in [-0.1, -0.05) is 18.2 Å². The number of likely N-dealkylation sites (tertiary alicyclic amines) is 1. The molecule has 0 spiro atoms. The molecule has 122 valence electrons. The minimum Gasteiger partial charge on any atom is -0.464 e. The summed E-state index contributed by atoms with van der Waals surface area (Å²) in [4.78, 5) is 34.3. The normalized spacial score (nSPS) is 14.5. The average molecular weight is 323 g/mol. The van der Waals surface area contributed by atoms with E-state index < -0.39 is 5.97 Å². The zero-order valence-electron chi connectivity index (χ0n) is 13.3. The molecule has 0 aliphatic carbocycles. The molecule has 24 heavy (non-hydrogen) atoms. The van der Waals surface area contributed by atoms with Gasteiger partial charge in [-0.3, -0.25) is 4.79 Å². The van der Waals surface area contributed by atoms with E-state index in [1.807, 2.05) is 24.3 Å². The number of H-pyrrole nitrogens is 1. The van der Waals surface area contributed by atoms with E-state index in [0.717, 1.165) is 42.2 Å². The van der Waals surface area contributed by atoms with E-state index in [1.165, 1.54) is 7.11 Å². The van der Waals surface area contributed by atoms with Crippen molar-refractivity contribution in [3.63, 3.8) is 0 Å². The number of amides is 1. The third-order valence-electron chi connectivity index (χ3n) is 4.49. The van der Waals surface area contributed by atoms with Crippen LogP contribution in [-0.4, -0.2) is 46.9 Å². The molecule has 1 saturated heterocycles. The van der Waals surface area contributed by atoms with Crippen LogP contribution in [0.25, 0.3) is 21.8 Å². The lowest BCUT2D eigenvalue weighted by atomic mass is 10.1. The maximum Gasteiger partial charge on any atom is 0.356 e. The SMILES string of the molecule is COC(=O)c1cc2c([nH]c3ccccc32)c(C(=O)N2CCCC2)n1. The Morgan fingerprint density at radius 3 is 2.67 bits per heavy atom. The summed E-state index contributed by atoms with van der Waals surface area (Å²) >= 11 is 0. The van der Waals surface area contributed by atoms with Gasteiger partial charge in [0.1, 0.15) is 5.69 Å². The minimum absolute atomic E-state index is 0.144. The summed E-state index contributed by atoms with van der Waals surface area (Å²) in [6.45, 7) is 1.45. The fraction of sp³-hybridized carbons (Fsp3) is 0.278. The Hall–Kier alpha value is -2.89. The number of rotatable bonds is 2. The molecule has 1 fully saturated rings. The maximum absolute atomic E-state index is 12.9. The van der Waals surface area contributed by atoms with Gasteiger partial charge in [-0.15, -0.1) is 0 Å². The smallest absolute Gasteiger partial charge is 0.356 e. The number of nitrogens with one attached hydrogen (secondary N) is 1. The maximum atomic E-state index is 12.9. The van der Waals surface area contributed by atoms with Crippen molar-refractivity contribution in [2.45, 2.75) is 12.8 Å². The standard InChI is InChI=1S/C18H17N3O3/c1-24-18(23)14-10-12-11-6-2-3-7-13(11)19-15(12)16(20-14)17(22)21-8-4-5-9-21/h2-3,6-7,10,19H,4-5,8-9H2,1H3. The van der Waals surface area contributed by atoms with Crippen molar-refractivity contribution in [1.29, 1.82) is 0 Å². The molecule has 0 unspecified atom stereocenters. The molecule has 1 aromatic carbocycles. The second kappa shape index (κ2) is 5.63. The van der Waals surface area contributed by atoms with Crippen molar-refractivity contribution in [3.8, 4) is 0 Å². The molecule has 1 N–H and O–H groups in total. The highest BCUT2D eigenvalue weighted by Crippen LogP contribution is 2.29. The van der Waals surface area contributed by atoms with Crippen molar-refractivity contribution < 1.29 is 14.3 Å². The van der Waals surface area contributed by atoms with Gasteiger partial charge in [-0.2, -0.15) is 0 Å². The second-order valence-corrected chi connectivity index (χ2v) is 5.94. The number of esters is 1. The van der Waals surface area contributed by atoms with Gasteiger partial charge in [-0.05, 0) is 25.0 Å². The third-order valence-corrected chi connectivity index (χ3v) is 4.49. The summed E-state index contributed by atoms with van der Waals surface area (Å²) in [7, 11) is 1.31. The van der Waals surface area contributed by atoms with Gasteiger partial charge < -0.3 is 14.6 Å². The van der Waals surface area contributed by atoms with Crippen LogP contribution in [0.15, 0.2) is 30.3 Å². The number of hydrogen-bond donors (Lipinski definition) is 1. The monoisotopic (exact) mass is 323 g/mol. The van der Waals surface area contributed by atoms with E-state index in [-0.39, 0.29) is 17.3 Å².